The standard InChI is InChI=1S/C25H35NO/c1-4-5-6-13-18-25(27)19(2)23(21-14-9-7-10-15-21)26-24(20(25)3)22-16-11-8-12-17-22/h7-12,14-17,19-20,23-24,26-27H,4-6,13,18H2,1-3H3/p+1/t19-,20-,23-,24-/m0/s1. The Morgan fingerprint density at radius 3 is 1.70 bits per heavy atom. The molecule has 4 atom stereocenters. The Morgan fingerprint density at radius 1 is 0.778 bits per heavy atom. The molecule has 0 saturated carbocycles. The summed E-state index contributed by atoms with van der Waals surface area (Å²) in [6.07, 6.45) is 5.72. The molecule has 0 radical (unpaired) electrons. The third kappa shape index (κ3) is 4.28. The number of benzene rings is 2. The first-order valence-electron chi connectivity index (χ1n) is 10.7. The van der Waals surface area contributed by atoms with Crippen molar-refractivity contribution in [3.63, 3.8) is 0 Å². The van der Waals surface area contributed by atoms with Crippen molar-refractivity contribution in [3.8, 4) is 0 Å². The van der Waals surface area contributed by atoms with Crippen molar-refractivity contribution >= 4 is 0 Å². The molecule has 0 aromatic heterocycles. The number of rotatable bonds is 7. The molecule has 1 heterocycles. The smallest absolute Gasteiger partial charge is 0.117 e. The molecule has 0 spiro atoms. The maximum Gasteiger partial charge on any atom is 0.117 e. The minimum absolute atomic E-state index is 0.219. The summed E-state index contributed by atoms with van der Waals surface area (Å²) in [6, 6.07) is 22.0. The first-order valence-corrected chi connectivity index (χ1v) is 10.7. The fraction of sp³-hybridized carbons (Fsp3) is 0.520. The number of quaternary nitrogens is 1. The van der Waals surface area contributed by atoms with Crippen LogP contribution in [0.25, 0.3) is 0 Å². The van der Waals surface area contributed by atoms with Gasteiger partial charge in [-0.1, -0.05) is 107 Å². The van der Waals surface area contributed by atoms with Crippen LogP contribution in [0.15, 0.2) is 60.7 Å². The number of hydrogen-bond acceptors (Lipinski definition) is 1. The zero-order chi connectivity index (χ0) is 19.3. The second-order valence-electron chi connectivity index (χ2n) is 8.44. The van der Waals surface area contributed by atoms with Crippen molar-refractivity contribution < 1.29 is 10.4 Å². The lowest BCUT2D eigenvalue weighted by Gasteiger charge is -2.49. The van der Waals surface area contributed by atoms with Gasteiger partial charge in [-0.25, -0.2) is 0 Å². The Morgan fingerprint density at radius 2 is 1.26 bits per heavy atom. The van der Waals surface area contributed by atoms with Crippen molar-refractivity contribution in [2.75, 3.05) is 0 Å². The summed E-state index contributed by atoms with van der Waals surface area (Å²) in [5, 5.41) is 14.5. The van der Waals surface area contributed by atoms with Crippen LogP contribution in [0.4, 0.5) is 0 Å². The summed E-state index contributed by atoms with van der Waals surface area (Å²) >= 11 is 0. The minimum atomic E-state index is -0.635. The summed E-state index contributed by atoms with van der Waals surface area (Å²) in [6.45, 7) is 6.75. The predicted octanol–water partition coefficient (Wildman–Crippen LogP) is 5.02. The first kappa shape index (κ1) is 20.1. The second-order valence-corrected chi connectivity index (χ2v) is 8.44. The summed E-state index contributed by atoms with van der Waals surface area (Å²) in [5.74, 6) is 0.438. The van der Waals surface area contributed by atoms with Crippen molar-refractivity contribution in [3.05, 3.63) is 71.8 Å². The third-order valence-electron chi connectivity index (χ3n) is 6.87. The van der Waals surface area contributed by atoms with E-state index in [2.05, 4.69) is 86.8 Å². The zero-order valence-electron chi connectivity index (χ0n) is 17.1. The SMILES string of the molecule is CCCCCCC1(O)[C@@H](C)[C@@H](c2ccccc2)[NH2+][C@H](c2ccccc2)[C@@H]1C. The number of piperidine rings is 1. The number of aliphatic hydroxyl groups is 1. The van der Waals surface area contributed by atoms with E-state index in [4.69, 9.17) is 0 Å². The Labute approximate surface area is 165 Å². The fourth-order valence-electron chi connectivity index (χ4n) is 5.03. The molecule has 3 rings (SSSR count). The highest BCUT2D eigenvalue weighted by atomic mass is 16.3. The van der Waals surface area contributed by atoms with Gasteiger partial charge in [0.05, 0.1) is 5.60 Å². The van der Waals surface area contributed by atoms with Gasteiger partial charge in [-0.2, -0.15) is 0 Å². The molecule has 2 aromatic carbocycles. The lowest BCUT2D eigenvalue weighted by molar-refractivity contribution is -0.764. The number of hydrogen-bond donors (Lipinski definition) is 2. The van der Waals surface area contributed by atoms with Gasteiger partial charge in [0, 0.05) is 23.0 Å². The van der Waals surface area contributed by atoms with Crippen LogP contribution in [0, 0.1) is 11.8 Å². The lowest BCUT2D eigenvalue weighted by atomic mass is 9.64. The molecule has 1 fully saturated rings. The van der Waals surface area contributed by atoms with E-state index in [9.17, 15) is 5.11 Å². The summed E-state index contributed by atoms with van der Waals surface area (Å²) in [5.41, 5.74) is 2.01. The Hall–Kier alpha value is -1.64. The van der Waals surface area contributed by atoms with Crippen LogP contribution in [-0.2, 0) is 0 Å². The lowest BCUT2D eigenvalue weighted by Crippen LogP contribution is -2.93. The van der Waals surface area contributed by atoms with Gasteiger partial charge in [0.15, 0.2) is 0 Å². The van der Waals surface area contributed by atoms with Gasteiger partial charge in [0.1, 0.15) is 12.1 Å². The van der Waals surface area contributed by atoms with E-state index in [-0.39, 0.29) is 23.9 Å². The largest absolute Gasteiger partial charge is 0.389 e. The highest BCUT2D eigenvalue weighted by molar-refractivity contribution is 5.23. The molecule has 3 N–H and O–H groups in total. The first-order chi connectivity index (χ1) is 13.1. The van der Waals surface area contributed by atoms with Gasteiger partial charge in [0.25, 0.3) is 0 Å². The van der Waals surface area contributed by atoms with E-state index >= 15 is 0 Å². The normalized spacial score (nSPS) is 31.0. The molecule has 0 aliphatic carbocycles. The summed E-state index contributed by atoms with van der Waals surface area (Å²) in [7, 11) is 0. The minimum Gasteiger partial charge on any atom is -0.389 e. The maximum atomic E-state index is 12.0. The second kappa shape index (κ2) is 9.03. The Balaban J connectivity index is 1.92. The topological polar surface area (TPSA) is 36.8 Å². The monoisotopic (exact) mass is 366 g/mol. The average molecular weight is 367 g/mol. The molecule has 0 bridgehead atoms. The average Bonchev–Trinajstić information content (AvgIpc) is 2.71. The molecule has 27 heavy (non-hydrogen) atoms. The van der Waals surface area contributed by atoms with Gasteiger partial charge in [0.2, 0.25) is 0 Å². The molecule has 2 aromatic rings. The van der Waals surface area contributed by atoms with E-state index in [1.54, 1.807) is 0 Å². The van der Waals surface area contributed by atoms with Crippen LogP contribution in [0.3, 0.4) is 0 Å². The van der Waals surface area contributed by atoms with Crippen molar-refractivity contribution in [1.29, 1.82) is 0 Å². The molecule has 2 nitrogen and oxygen atoms in total. The molecule has 0 unspecified atom stereocenters. The summed E-state index contributed by atoms with van der Waals surface area (Å²) in [4.78, 5) is 0. The molecule has 146 valence electrons. The van der Waals surface area contributed by atoms with Crippen LogP contribution >= 0.6 is 0 Å². The molecule has 1 aliphatic rings. The van der Waals surface area contributed by atoms with Gasteiger partial charge in [-0.05, 0) is 6.42 Å². The number of unbranched alkanes of at least 4 members (excludes halogenated alkanes) is 3. The van der Waals surface area contributed by atoms with Gasteiger partial charge < -0.3 is 10.4 Å². The van der Waals surface area contributed by atoms with E-state index in [1.807, 2.05) is 0 Å². The molecular weight excluding hydrogens is 330 g/mol. The number of nitrogens with two attached hydrogens (primary N) is 1. The van der Waals surface area contributed by atoms with Crippen LogP contribution in [0.1, 0.15) is 76.1 Å². The zero-order valence-corrected chi connectivity index (χ0v) is 17.1. The summed E-state index contributed by atoms with van der Waals surface area (Å²) < 4.78 is 0. The third-order valence-corrected chi connectivity index (χ3v) is 6.87. The molecular formula is C25H36NO+. The van der Waals surface area contributed by atoms with E-state index < -0.39 is 5.60 Å². The van der Waals surface area contributed by atoms with E-state index in [1.165, 1.54) is 30.4 Å². The van der Waals surface area contributed by atoms with Crippen molar-refractivity contribution in [2.24, 2.45) is 11.8 Å². The Kier molecular flexibility index (Phi) is 6.73. The molecule has 1 saturated heterocycles. The predicted molar refractivity (Wildman–Crippen MR) is 112 cm³/mol. The van der Waals surface area contributed by atoms with Crippen LogP contribution in [0.5, 0.6) is 0 Å². The van der Waals surface area contributed by atoms with Crippen molar-refractivity contribution in [2.45, 2.75) is 70.6 Å². The van der Waals surface area contributed by atoms with Crippen molar-refractivity contribution in [1.82, 2.24) is 0 Å². The van der Waals surface area contributed by atoms with Crippen LogP contribution in [-0.4, -0.2) is 10.7 Å². The van der Waals surface area contributed by atoms with Crippen LogP contribution < -0.4 is 5.32 Å². The molecule has 0 amide bonds. The van der Waals surface area contributed by atoms with Gasteiger partial charge in [-0.3, -0.25) is 0 Å². The van der Waals surface area contributed by atoms with Crippen LogP contribution in [0.2, 0.25) is 0 Å². The highest BCUT2D eigenvalue weighted by Crippen LogP contribution is 2.45. The maximum absolute atomic E-state index is 12.0. The highest BCUT2D eigenvalue weighted by Gasteiger charge is 2.53. The van der Waals surface area contributed by atoms with E-state index in [0.717, 1.165) is 12.8 Å². The molecule has 1 aliphatic heterocycles. The van der Waals surface area contributed by atoms with E-state index in [0.29, 0.717) is 0 Å². The fourth-order valence-corrected chi connectivity index (χ4v) is 5.03. The van der Waals surface area contributed by atoms with Gasteiger partial charge in [-0.15, -0.1) is 0 Å². The molecule has 2 heteroatoms. The Bertz CT molecular complexity index is 632. The van der Waals surface area contributed by atoms with Gasteiger partial charge >= 0.3 is 0 Å². The quantitative estimate of drug-likeness (QED) is 0.663.